The highest BCUT2D eigenvalue weighted by Gasteiger charge is 1.77. The molecule has 0 aliphatic heterocycles. The van der Waals surface area contributed by atoms with Crippen molar-refractivity contribution in [3.63, 3.8) is 0 Å². The minimum Gasteiger partial charge on any atom is -0.290 e. The summed E-state index contributed by atoms with van der Waals surface area (Å²) in [5.74, 6) is 0.506. The molecule has 0 saturated heterocycles. The normalized spacial score (nSPS) is 12.7. The molecule has 0 aromatic heterocycles. The lowest BCUT2D eigenvalue weighted by Crippen LogP contribution is -2.03. The van der Waals surface area contributed by atoms with E-state index in [0.29, 0.717) is 5.84 Å². The second-order valence-corrected chi connectivity index (χ2v) is 1.54. The Hall–Kier alpha value is -1.49. The van der Waals surface area contributed by atoms with Gasteiger partial charge in [-0.05, 0) is 13.6 Å². The largest absolute Gasteiger partial charge is 0.290 e. The van der Waals surface area contributed by atoms with Crippen LogP contribution in [0.2, 0.25) is 0 Å². The molecule has 0 fully saturated rings. The Labute approximate surface area is 64.9 Å². The number of nitrogens with zero attached hydrogens (tertiary/aromatic N) is 3. The Balaban J connectivity index is 3.89. The molecule has 0 bridgehead atoms. The lowest BCUT2D eigenvalue weighted by molar-refractivity contribution is 0.240. The first-order chi connectivity index (χ1) is 5.31. The second-order valence-electron chi connectivity index (χ2n) is 1.54. The maximum atomic E-state index is 8.09. The third-order valence-corrected chi connectivity index (χ3v) is 0.743. The summed E-state index contributed by atoms with van der Waals surface area (Å²) in [4.78, 5) is 10.9. The lowest BCUT2D eigenvalue weighted by atomic mass is 10.7. The van der Waals surface area contributed by atoms with Crippen LogP contribution in [-0.4, -0.2) is 24.1 Å². The minimum absolute atomic E-state index is 0.506. The fourth-order valence-corrected chi connectivity index (χ4v) is 0.344. The van der Waals surface area contributed by atoms with Crippen LogP contribution in [0, 0.1) is 0 Å². The van der Waals surface area contributed by atoms with E-state index in [1.165, 1.54) is 12.4 Å². The first-order valence-corrected chi connectivity index (χ1v) is 2.88. The van der Waals surface area contributed by atoms with Crippen molar-refractivity contribution in [2.45, 2.75) is 6.92 Å². The number of nitrogens with one attached hydrogen (secondary N) is 1. The SMILES string of the molecule is C=N\C=C/N=C(C)/N=C/NO. The van der Waals surface area contributed by atoms with Gasteiger partial charge >= 0.3 is 0 Å². The first-order valence-electron chi connectivity index (χ1n) is 2.88. The fraction of sp³-hybridized carbons (Fsp3) is 0.167. The van der Waals surface area contributed by atoms with Crippen molar-refractivity contribution in [3.05, 3.63) is 12.4 Å². The molecule has 0 spiro atoms. The van der Waals surface area contributed by atoms with E-state index in [9.17, 15) is 0 Å². The molecule has 60 valence electrons. The van der Waals surface area contributed by atoms with Crippen molar-refractivity contribution in [1.82, 2.24) is 5.48 Å². The molecular weight excluding hydrogens is 144 g/mol. The summed E-state index contributed by atoms with van der Waals surface area (Å²) in [6.07, 6.45) is 4.01. The molecule has 0 aliphatic carbocycles. The van der Waals surface area contributed by atoms with E-state index in [2.05, 4.69) is 21.7 Å². The van der Waals surface area contributed by atoms with Crippen molar-refractivity contribution >= 4 is 18.9 Å². The Morgan fingerprint density at radius 2 is 2.27 bits per heavy atom. The highest BCUT2D eigenvalue weighted by atomic mass is 16.5. The molecule has 2 N–H and O–H groups in total. The van der Waals surface area contributed by atoms with Gasteiger partial charge < -0.3 is 0 Å². The summed E-state index contributed by atoms with van der Waals surface area (Å²) in [5.41, 5.74) is 1.76. The van der Waals surface area contributed by atoms with Gasteiger partial charge in [0.15, 0.2) is 0 Å². The van der Waals surface area contributed by atoms with Gasteiger partial charge in [-0.1, -0.05) is 0 Å². The highest BCUT2D eigenvalue weighted by Crippen LogP contribution is 1.81. The summed E-state index contributed by atoms with van der Waals surface area (Å²) in [6, 6.07) is 0. The molecule has 0 amide bonds. The van der Waals surface area contributed by atoms with E-state index < -0.39 is 0 Å². The summed E-state index contributed by atoms with van der Waals surface area (Å²) in [5, 5.41) is 8.09. The van der Waals surface area contributed by atoms with Crippen LogP contribution in [0.3, 0.4) is 0 Å². The highest BCUT2D eigenvalue weighted by molar-refractivity contribution is 5.87. The number of amidine groups is 1. The van der Waals surface area contributed by atoms with Gasteiger partial charge in [-0.15, -0.1) is 0 Å². The van der Waals surface area contributed by atoms with Crippen molar-refractivity contribution in [3.8, 4) is 0 Å². The summed E-state index contributed by atoms with van der Waals surface area (Å²) >= 11 is 0. The van der Waals surface area contributed by atoms with E-state index in [0.717, 1.165) is 6.34 Å². The summed E-state index contributed by atoms with van der Waals surface area (Å²) < 4.78 is 0. The van der Waals surface area contributed by atoms with Crippen LogP contribution in [0.4, 0.5) is 0 Å². The third kappa shape index (κ3) is 6.39. The Bertz CT molecular complexity index is 195. The molecule has 0 aliphatic rings. The van der Waals surface area contributed by atoms with Crippen molar-refractivity contribution in [2.24, 2.45) is 15.0 Å². The van der Waals surface area contributed by atoms with Gasteiger partial charge in [0, 0.05) is 12.4 Å². The van der Waals surface area contributed by atoms with E-state index in [1.54, 1.807) is 12.4 Å². The van der Waals surface area contributed by atoms with Crippen molar-refractivity contribution in [2.75, 3.05) is 0 Å². The van der Waals surface area contributed by atoms with Gasteiger partial charge in [0.1, 0.15) is 12.2 Å². The van der Waals surface area contributed by atoms with Crippen molar-refractivity contribution in [1.29, 1.82) is 0 Å². The van der Waals surface area contributed by atoms with Crippen LogP contribution >= 0.6 is 0 Å². The zero-order valence-corrected chi connectivity index (χ0v) is 6.23. The standard InChI is InChI=1S/C6H10N4O/c1-6(9-5-10-11)8-4-3-7-2/h3-5,11H,2H2,1H3,(H,8,9,10)/b4-3-. The zero-order chi connectivity index (χ0) is 8.53. The minimum atomic E-state index is 0.506. The average molecular weight is 154 g/mol. The third-order valence-electron chi connectivity index (χ3n) is 0.743. The lowest BCUT2D eigenvalue weighted by Gasteiger charge is -1.86. The van der Waals surface area contributed by atoms with E-state index in [1.807, 2.05) is 0 Å². The van der Waals surface area contributed by atoms with E-state index in [-0.39, 0.29) is 0 Å². The number of hydroxylamine groups is 1. The maximum Gasteiger partial charge on any atom is 0.127 e. The topological polar surface area (TPSA) is 69.3 Å². The molecule has 0 rings (SSSR count). The smallest absolute Gasteiger partial charge is 0.127 e. The molecule has 5 nitrogen and oxygen atoms in total. The number of hydrogen-bond acceptors (Lipinski definition) is 3. The molecular formula is C6H10N4O. The zero-order valence-electron chi connectivity index (χ0n) is 6.23. The summed E-state index contributed by atoms with van der Waals surface area (Å²) in [7, 11) is 0. The van der Waals surface area contributed by atoms with E-state index >= 15 is 0 Å². The van der Waals surface area contributed by atoms with Crippen LogP contribution in [-0.2, 0) is 0 Å². The maximum absolute atomic E-state index is 8.09. The van der Waals surface area contributed by atoms with Crippen LogP contribution in [0.1, 0.15) is 6.92 Å². The molecule has 5 heteroatoms. The van der Waals surface area contributed by atoms with Crippen LogP contribution in [0.5, 0.6) is 0 Å². The van der Waals surface area contributed by atoms with Gasteiger partial charge in [-0.25, -0.2) is 9.98 Å². The predicted molar refractivity (Wildman–Crippen MR) is 45.2 cm³/mol. The van der Waals surface area contributed by atoms with Gasteiger partial charge in [-0.3, -0.25) is 15.7 Å². The van der Waals surface area contributed by atoms with Crippen LogP contribution in [0.15, 0.2) is 27.4 Å². The quantitative estimate of drug-likeness (QED) is 0.354. The number of hydrogen-bond donors (Lipinski definition) is 2. The predicted octanol–water partition coefficient (Wildman–Crippen LogP) is 0.584. The Morgan fingerprint density at radius 1 is 1.55 bits per heavy atom. The van der Waals surface area contributed by atoms with Gasteiger partial charge in [0.05, 0.1) is 0 Å². The molecule has 0 aromatic rings. The second kappa shape index (κ2) is 6.63. The van der Waals surface area contributed by atoms with Crippen LogP contribution in [0.25, 0.3) is 0 Å². The Kier molecular flexibility index (Phi) is 5.73. The Morgan fingerprint density at radius 3 is 2.82 bits per heavy atom. The number of aliphatic imine (C=N–C) groups is 3. The molecule has 0 saturated carbocycles. The van der Waals surface area contributed by atoms with Gasteiger partial charge in [0.2, 0.25) is 0 Å². The monoisotopic (exact) mass is 154 g/mol. The molecule has 0 atom stereocenters. The van der Waals surface area contributed by atoms with Gasteiger partial charge in [-0.2, -0.15) is 0 Å². The molecule has 11 heavy (non-hydrogen) atoms. The average Bonchev–Trinajstić information content (AvgIpc) is 2.01. The van der Waals surface area contributed by atoms with E-state index in [4.69, 9.17) is 5.21 Å². The molecule has 0 heterocycles. The molecule has 0 radical (unpaired) electrons. The van der Waals surface area contributed by atoms with Gasteiger partial charge in [0.25, 0.3) is 0 Å². The fourth-order valence-electron chi connectivity index (χ4n) is 0.344. The van der Waals surface area contributed by atoms with Crippen molar-refractivity contribution < 1.29 is 5.21 Å². The number of rotatable bonds is 3. The summed E-state index contributed by atoms with van der Waals surface area (Å²) in [6.45, 7) is 4.90. The van der Waals surface area contributed by atoms with Crippen LogP contribution < -0.4 is 5.48 Å². The first kappa shape index (κ1) is 9.51. The molecule has 0 aromatic carbocycles. The molecule has 0 unspecified atom stereocenters.